The van der Waals surface area contributed by atoms with E-state index in [1.54, 1.807) is 17.0 Å². The van der Waals surface area contributed by atoms with Crippen LogP contribution in [0.5, 0.6) is 0 Å². The molecule has 0 saturated heterocycles. The molecule has 0 aliphatic rings. The van der Waals surface area contributed by atoms with Crippen LogP contribution in [0.15, 0.2) is 24.3 Å². The van der Waals surface area contributed by atoms with Gasteiger partial charge in [0.05, 0.1) is 24.4 Å². The molecule has 0 spiro atoms. The number of carboxylic acids is 1. The quantitative estimate of drug-likeness (QED) is 0.465. The molecule has 1 N–H and O–H groups in total. The van der Waals surface area contributed by atoms with Gasteiger partial charge in [-0.05, 0) is 24.3 Å². The summed E-state index contributed by atoms with van der Waals surface area (Å²) >= 11 is 5.76. The maximum Gasteiger partial charge on any atom is 0.335 e. The number of hydrogen-bond donors (Lipinski definition) is 1. The zero-order valence-corrected chi connectivity index (χ0v) is 11.8. The van der Waals surface area contributed by atoms with E-state index in [0.717, 1.165) is 6.26 Å². The van der Waals surface area contributed by atoms with Crippen molar-refractivity contribution in [3.63, 3.8) is 0 Å². The number of halogens is 1. The molecule has 0 unspecified atom stereocenters. The maximum atomic E-state index is 10.8. The molecule has 0 aliphatic carbocycles. The largest absolute Gasteiger partial charge is 0.478 e. The van der Waals surface area contributed by atoms with Gasteiger partial charge in [0.25, 0.3) is 10.1 Å². The molecule has 0 radical (unpaired) electrons. The van der Waals surface area contributed by atoms with Gasteiger partial charge in [-0.1, -0.05) is 0 Å². The lowest BCUT2D eigenvalue weighted by atomic mass is 10.2. The highest BCUT2D eigenvalue weighted by molar-refractivity contribution is 7.85. The number of alkyl halides is 1. The van der Waals surface area contributed by atoms with E-state index in [1.165, 1.54) is 12.1 Å². The molecule has 0 heterocycles. The van der Waals surface area contributed by atoms with Crippen LogP contribution in [0.3, 0.4) is 0 Å². The minimum Gasteiger partial charge on any atom is -0.478 e. The predicted molar refractivity (Wildman–Crippen MR) is 72.3 cm³/mol. The number of aromatic carboxylic acids is 1. The fraction of sp³-hybridized carbons (Fsp3) is 0.364. The number of nitrogens with zero attached hydrogens (tertiary/aromatic N) is 1. The Morgan fingerprint density at radius 2 is 1.95 bits per heavy atom. The maximum absolute atomic E-state index is 10.8. The van der Waals surface area contributed by atoms with E-state index in [9.17, 15) is 13.2 Å². The van der Waals surface area contributed by atoms with Crippen LogP contribution in [0, 0.1) is 0 Å². The van der Waals surface area contributed by atoms with E-state index < -0.39 is 16.1 Å². The van der Waals surface area contributed by atoms with Gasteiger partial charge in [-0.2, -0.15) is 8.42 Å². The Morgan fingerprint density at radius 3 is 2.37 bits per heavy atom. The van der Waals surface area contributed by atoms with Gasteiger partial charge >= 0.3 is 5.97 Å². The second-order valence-electron chi connectivity index (χ2n) is 3.76. The number of carboxylic acid groups (broad SMARTS) is 1. The minimum atomic E-state index is -3.48. The number of anilines is 1. The lowest BCUT2D eigenvalue weighted by Crippen LogP contribution is -2.27. The highest BCUT2D eigenvalue weighted by Gasteiger charge is 2.09. The van der Waals surface area contributed by atoms with Crippen molar-refractivity contribution in [3.05, 3.63) is 29.8 Å². The van der Waals surface area contributed by atoms with Crippen LogP contribution in [0.2, 0.25) is 0 Å². The first-order chi connectivity index (χ1) is 8.83. The zero-order valence-electron chi connectivity index (χ0n) is 10.2. The third-order valence-corrected chi connectivity index (χ3v) is 3.17. The van der Waals surface area contributed by atoms with Gasteiger partial charge < -0.3 is 10.0 Å². The first-order valence-electron chi connectivity index (χ1n) is 5.32. The van der Waals surface area contributed by atoms with Crippen LogP contribution in [0.25, 0.3) is 0 Å². The summed E-state index contributed by atoms with van der Waals surface area (Å²) in [6, 6.07) is 6.25. The molecule has 19 heavy (non-hydrogen) atoms. The summed E-state index contributed by atoms with van der Waals surface area (Å²) in [6.45, 7) is 0.259. The molecule has 6 nitrogen and oxygen atoms in total. The summed E-state index contributed by atoms with van der Waals surface area (Å²) in [7, 11) is -3.48. The number of rotatable bonds is 7. The third kappa shape index (κ3) is 5.46. The van der Waals surface area contributed by atoms with Gasteiger partial charge in [0.15, 0.2) is 0 Å². The molecule has 0 saturated carbocycles. The SMILES string of the molecule is CS(=O)(=O)OCCN(CCl)c1ccc(C(=O)O)cc1. The smallest absolute Gasteiger partial charge is 0.335 e. The highest BCUT2D eigenvalue weighted by atomic mass is 35.5. The Labute approximate surface area is 116 Å². The molecule has 106 valence electrons. The number of benzene rings is 1. The summed E-state index contributed by atoms with van der Waals surface area (Å²) in [5.74, 6) is -1.01. The van der Waals surface area contributed by atoms with E-state index in [4.69, 9.17) is 16.7 Å². The number of carbonyl (C=O) groups is 1. The highest BCUT2D eigenvalue weighted by Crippen LogP contribution is 2.16. The zero-order chi connectivity index (χ0) is 14.5. The lowest BCUT2D eigenvalue weighted by Gasteiger charge is -2.21. The molecule has 1 aromatic carbocycles. The number of hydrogen-bond acceptors (Lipinski definition) is 5. The molecule has 0 bridgehead atoms. The van der Waals surface area contributed by atoms with Crippen LogP contribution in [-0.4, -0.2) is 44.9 Å². The van der Waals surface area contributed by atoms with Crippen molar-refractivity contribution >= 4 is 33.4 Å². The van der Waals surface area contributed by atoms with Gasteiger partial charge in [0, 0.05) is 12.2 Å². The van der Waals surface area contributed by atoms with Crippen molar-refractivity contribution in [1.29, 1.82) is 0 Å². The van der Waals surface area contributed by atoms with E-state index in [1.807, 2.05) is 0 Å². The van der Waals surface area contributed by atoms with E-state index >= 15 is 0 Å². The first-order valence-corrected chi connectivity index (χ1v) is 7.67. The minimum absolute atomic E-state index is 0.0216. The molecule has 0 fully saturated rings. The fourth-order valence-electron chi connectivity index (χ4n) is 1.37. The molecule has 1 rings (SSSR count). The Kier molecular flexibility index (Phi) is 5.59. The van der Waals surface area contributed by atoms with Crippen molar-refractivity contribution in [3.8, 4) is 0 Å². The van der Waals surface area contributed by atoms with Gasteiger partial charge in [-0.25, -0.2) is 4.79 Å². The summed E-state index contributed by atoms with van der Waals surface area (Å²) in [5, 5.41) is 8.78. The standard InChI is InChI=1S/C11H14ClNO5S/c1-19(16,17)18-7-6-13(8-12)10-4-2-9(3-5-10)11(14)15/h2-5H,6-8H2,1H3,(H,14,15). The van der Waals surface area contributed by atoms with E-state index in [0.29, 0.717) is 5.69 Å². The monoisotopic (exact) mass is 307 g/mol. The molecule has 8 heteroatoms. The van der Waals surface area contributed by atoms with Crippen molar-refractivity contribution in [2.75, 3.05) is 30.3 Å². The van der Waals surface area contributed by atoms with Crippen molar-refractivity contribution < 1.29 is 22.5 Å². The van der Waals surface area contributed by atoms with Crippen LogP contribution in [0.4, 0.5) is 5.69 Å². The normalized spacial score (nSPS) is 11.3. The predicted octanol–water partition coefficient (Wildman–Crippen LogP) is 1.36. The van der Waals surface area contributed by atoms with E-state index in [-0.39, 0.29) is 24.7 Å². The Bertz CT molecular complexity index is 529. The summed E-state index contributed by atoms with van der Waals surface area (Å²) < 4.78 is 26.3. The molecular formula is C11H14ClNO5S. The lowest BCUT2D eigenvalue weighted by molar-refractivity contribution is 0.0697. The van der Waals surface area contributed by atoms with Crippen molar-refractivity contribution in [1.82, 2.24) is 0 Å². The molecule has 0 aliphatic heterocycles. The average molecular weight is 308 g/mol. The molecule has 0 atom stereocenters. The fourth-order valence-corrected chi connectivity index (χ4v) is 2.01. The van der Waals surface area contributed by atoms with Gasteiger partial charge in [0.2, 0.25) is 0 Å². The molecule has 0 aromatic heterocycles. The second-order valence-corrected chi connectivity index (χ2v) is 5.64. The molecular weight excluding hydrogens is 294 g/mol. The molecule has 1 aromatic rings. The second kappa shape index (κ2) is 6.74. The topological polar surface area (TPSA) is 83.9 Å². The van der Waals surface area contributed by atoms with Crippen LogP contribution in [-0.2, 0) is 14.3 Å². The first kappa shape index (κ1) is 15.7. The van der Waals surface area contributed by atoms with Crippen LogP contribution in [0.1, 0.15) is 10.4 Å². The Balaban J connectivity index is 2.66. The van der Waals surface area contributed by atoms with Gasteiger partial charge in [-0.15, -0.1) is 11.6 Å². The summed E-state index contributed by atoms with van der Waals surface area (Å²) in [6.07, 6.45) is 0.972. The van der Waals surface area contributed by atoms with E-state index in [2.05, 4.69) is 4.18 Å². The van der Waals surface area contributed by atoms with Gasteiger partial charge in [0.1, 0.15) is 0 Å². The summed E-state index contributed by atoms with van der Waals surface area (Å²) in [4.78, 5) is 12.4. The van der Waals surface area contributed by atoms with Gasteiger partial charge in [-0.3, -0.25) is 4.18 Å². The van der Waals surface area contributed by atoms with Crippen molar-refractivity contribution in [2.45, 2.75) is 0 Å². The van der Waals surface area contributed by atoms with Crippen LogP contribution < -0.4 is 4.90 Å². The summed E-state index contributed by atoms with van der Waals surface area (Å²) in [5.41, 5.74) is 0.864. The Hall–Kier alpha value is -1.31. The molecule has 0 amide bonds. The van der Waals surface area contributed by atoms with Crippen LogP contribution >= 0.6 is 11.6 Å². The Morgan fingerprint density at radius 1 is 1.37 bits per heavy atom. The average Bonchev–Trinajstić information content (AvgIpc) is 2.33. The third-order valence-electron chi connectivity index (χ3n) is 2.28. The van der Waals surface area contributed by atoms with Crippen molar-refractivity contribution in [2.24, 2.45) is 0 Å².